The summed E-state index contributed by atoms with van der Waals surface area (Å²) < 4.78 is 43.9. The van der Waals surface area contributed by atoms with Crippen molar-refractivity contribution in [1.82, 2.24) is 0 Å². The molecule has 0 N–H and O–H groups in total. The van der Waals surface area contributed by atoms with Crippen LogP contribution < -0.4 is 22.8 Å². The maximum Gasteiger partial charge on any atom is 0.212 e. The molecule has 5 aliphatic rings. The van der Waals surface area contributed by atoms with Crippen LogP contribution in [0.1, 0.15) is 164 Å². The van der Waals surface area contributed by atoms with Crippen molar-refractivity contribution in [2.24, 2.45) is 35.2 Å². The lowest BCUT2D eigenvalue weighted by Gasteiger charge is -2.26. The van der Waals surface area contributed by atoms with Gasteiger partial charge in [-0.15, -0.1) is 0 Å². The van der Waals surface area contributed by atoms with Gasteiger partial charge in [0.15, 0.2) is 31.0 Å². The minimum absolute atomic E-state index is 0.0141. The summed E-state index contributed by atoms with van der Waals surface area (Å²) in [5.41, 5.74) is 46.3. The van der Waals surface area contributed by atoms with Gasteiger partial charge in [-0.1, -0.05) is 245 Å². The average molecular weight is 1520 g/mol. The topological polar surface area (TPSA) is 19.4 Å². The smallest absolute Gasteiger partial charge is 0.201 e. The van der Waals surface area contributed by atoms with Gasteiger partial charge in [0, 0.05) is 87.7 Å². The molecular formula is C111H112N5+5. The van der Waals surface area contributed by atoms with Crippen molar-refractivity contribution in [3.8, 4) is 112 Å². The van der Waals surface area contributed by atoms with Gasteiger partial charge in [-0.05, 0) is 217 Å². The summed E-state index contributed by atoms with van der Waals surface area (Å²) >= 11 is 0. The molecule has 5 heteroatoms. The van der Waals surface area contributed by atoms with E-state index in [1.54, 1.807) is 0 Å². The van der Waals surface area contributed by atoms with Crippen LogP contribution in [0.15, 0.2) is 298 Å². The molecule has 0 fully saturated rings. The van der Waals surface area contributed by atoms with E-state index in [1.807, 2.05) is 48.5 Å². The van der Waals surface area contributed by atoms with E-state index in [2.05, 4.69) is 394 Å². The third-order valence-corrected chi connectivity index (χ3v) is 26.2. The maximum absolute atomic E-state index is 8.45. The lowest BCUT2D eigenvalue weighted by atomic mass is 9.77. The van der Waals surface area contributed by atoms with E-state index in [1.165, 1.54) is 190 Å². The zero-order chi connectivity index (χ0) is 85.3. The van der Waals surface area contributed by atoms with E-state index in [0.717, 1.165) is 11.1 Å². The molecule has 10 aromatic carbocycles. The molecule has 0 spiro atoms. The number of aryl methyl sites for hydroxylation is 11. The van der Waals surface area contributed by atoms with Gasteiger partial charge in [0.05, 0.1) is 33.3 Å². The summed E-state index contributed by atoms with van der Waals surface area (Å²) in [6.45, 7) is 36.2. The average Bonchev–Trinajstić information content (AvgIpc) is 1.63. The number of hydrogen-bond donors (Lipinski definition) is 0. The minimum atomic E-state index is -0.173. The van der Waals surface area contributed by atoms with Gasteiger partial charge in [0.25, 0.3) is 0 Å². The molecule has 5 heterocycles. The standard InChI is InChI=1S/C23H24N.4C22H22N/c1-15-12-13-18-17-10-8-9-16(2)21(17)23(3,4)22(18)20(15)19-11-6-7-14-24(19)5;4*1-15-12-13-17-16-9-5-6-10-18(16)22(2,3)21(17)20(15)19-11-7-8-14-23(19)4/h6-14H,1-5H3;4*5-14H,1-4H3/q5*+1/i;10D;9D;6D;5D. The molecule has 0 saturated heterocycles. The van der Waals surface area contributed by atoms with Crippen LogP contribution in [-0.4, -0.2) is 0 Å². The van der Waals surface area contributed by atoms with Crippen molar-refractivity contribution in [3.05, 3.63) is 387 Å². The first-order chi connectivity index (χ1) is 57.1. The molecule has 15 aromatic rings. The summed E-state index contributed by atoms with van der Waals surface area (Å²) in [4.78, 5) is 0. The quantitative estimate of drug-likeness (QED) is 0.153. The van der Waals surface area contributed by atoms with Gasteiger partial charge in [-0.2, -0.15) is 0 Å². The second kappa shape index (κ2) is 29.7. The van der Waals surface area contributed by atoms with E-state index in [-0.39, 0.29) is 27.1 Å². The number of aromatic nitrogens is 5. The molecule has 5 nitrogen and oxygen atoms in total. The van der Waals surface area contributed by atoms with Crippen molar-refractivity contribution >= 4 is 0 Å². The van der Waals surface area contributed by atoms with Crippen LogP contribution >= 0.6 is 0 Å². The first-order valence-electron chi connectivity index (χ1n) is 43.1. The predicted octanol–water partition coefficient (Wildman–Crippen LogP) is 24.3. The van der Waals surface area contributed by atoms with Gasteiger partial charge in [-0.25, -0.2) is 22.8 Å². The fraction of sp³-hybridized carbons (Fsp3) is 0.234. The first kappa shape index (κ1) is 72.9. The molecule has 576 valence electrons. The fourth-order valence-electron chi connectivity index (χ4n) is 20.6. The number of benzene rings is 10. The van der Waals surface area contributed by atoms with Crippen LogP contribution in [0.3, 0.4) is 0 Å². The Labute approximate surface area is 695 Å². The third kappa shape index (κ3) is 12.7. The van der Waals surface area contributed by atoms with Gasteiger partial charge in [0.1, 0.15) is 35.2 Å². The van der Waals surface area contributed by atoms with Crippen molar-refractivity contribution in [2.45, 2.75) is 138 Å². The predicted molar refractivity (Wildman–Crippen MR) is 482 cm³/mol. The Morgan fingerprint density at radius 2 is 0.466 bits per heavy atom. The van der Waals surface area contributed by atoms with Crippen LogP contribution in [0, 0.1) is 41.5 Å². The number of nitrogens with zero attached hydrogens (tertiary/aromatic N) is 5. The molecule has 0 unspecified atom stereocenters. The fourth-order valence-corrected chi connectivity index (χ4v) is 20.6. The maximum atomic E-state index is 8.45. The Balaban J connectivity index is 0.000000112. The largest absolute Gasteiger partial charge is 0.212 e. The minimum Gasteiger partial charge on any atom is -0.201 e. The van der Waals surface area contributed by atoms with Crippen molar-refractivity contribution in [2.75, 3.05) is 0 Å². The Morgan fingerprint density at radius 1 is 0.198 bits per heavy atom. The van der Waals surface area contributed by atoms with E-state index in [9.17, 15) is 0 Å². The normalized spacial score (nSPS) is 14.9. The molecule has 0 radical (unpaired) electrons. The van der Waals surface area contributed by atoms with E-state index in [0.29, 0.717) is 24.2 Å². The zero-order valence-corrected chi connectivity index (χ0v) is 71.7. The first-order valence-corrected chi connectivity index (χ1v) is 41.1. The molecule has 0 bridgehead atoms. The number of fused-ring (bicyclic) bond motifs is 15. The lowest BCUT2D eigenvalue weighted by Crippen LogP contribution is -2.31. The van der Waals surface area contributed by atoms with Crippen molar-refractivity contribution < 1.29 is 28.3 Å². The highest BCUT2D eigenvalue weighted by Gasteiger charge is 2.45. The third-order valence-electron chi connectivity index (χ3n) is 26.2. The van der Waals surface area contributed by atoms with Crippen LogP contribution in [0.25, 0.3) is 112 Å². The second-order valence-corrected chi connectivity index (χ2v) is 35.4. The lowest BCUT2D eigenvalue weighted by molar-refractivity contribution is -0.660. The summed E-state index contributed by atoms with van der Waals surface area (Å²) in [6, 6.07) is 87.5. The Kier molecular flexibility index (Phi) is 18.6. The van der Waals surface area contributed by atoms with Crippen LogP contribution in [0.5, 0.6) is 0 Å². The van der Waals surface area contributed by atoms with Crippen molar-refractivity contribution in [1.29, 1.82) is 0 Å². The Bertz CT molecular complexity index is 6530. The molecule has 0 saturated carbocycles. The van der Waals surface area contributed by atoms with E-state index in [4.69, 9.17) is 5.48 Å². The van der Waals surface area contributed by atoms with Crippen LogP contribution in [-0.2, 0) is 62.3 Å². The van der Waals surface area contributed by atoms with E-state index >= 15 is 0 Å². The Morgan fingerprint density at radius 3 is 0.871 bits per heavy atom. The number of hydrogen-bond acceptors (Lipinski definition) is 0. The van der Waals surface area contributed by atoms with Gasteiger partial charge < -0.3 is 0 Å². The van der Waals surface area contributed by atoms with Crippen LogP contribution in [0.4, 0.5) is 0 Å². The van der Waals surface area contributed by atoms with Gasteiger partial charge in [-0.3, -0.25) is 0 Å². The summed E-state index contributed by atoms with van der Waals surface area (Å²) in [5, 5.41) is 0. The molecule has 5 aliphatic carbocycles. The van der Waals surface area contributed by atoms with Gasteiger partial charge in [0.2, 0.25) is 28.5 Å². The van der Waals surface area contributed by atoms with E-state index < -0.39 is 0 Å². The monoisotopic (exact) mass is 1520 g/mol. The van der Waals surface area contributed by atoms with Gasteiger partial charge >= 0.3 is 0 Å². The highest BCUT2D eigenvalue weighted by Crippen LogP contribution is 2.58. The highest BCUT2D eigenvalue weighted by molar-refractivity contribution is 5.93. The molecule has 0 aliphatic heterocycles. The zero-order valence-electron chi connectivity index (χ0n) is 75.7. The molecular weight excluding hydrogens is 1400 g/mol. The molecule has 116 heavy (non-hydrogen) atoms. The van der Waals surface area contributed by atoms with Crippen molar-refractivity contribution in [3.63, 3.8) is 0 Å². The molecule has 0 atom stereocenters. The summed E-state index contributed by atoms with van der Waals surface area (Å²) in [6.07, 6.45) is 10.5. The van der Waals surface area contributed by atoms with Crippen LogP contribution in [0.2, 0.25) is 0 Å². The summed E-state index contributed by atoms with van der Waals surface area (Å²) in [5.74, 6) is 0. The second-order valence-electron chi connectivity index (χ2n) is 35.4. The SMILES string of the molecule is Cc1ccc2c(c1-c1cccc[n+]1C)C(C)(C)c1c(C)cccc1-2.[2H]c1ccc2c(c1)-c1ccc(C)c(-c3cccc[n+]3C)c1C2(C)C.[2H]c1ccc2c(c1)C(C)(C)c1c-2ccc(C)c1-c1cccc[n+]1C.[2H]c1cccc2c1-c1ccc(C)c(-c3cccc[n+]3C)c1C2(C)C.[2H]c1cccc2c1C(C)(C)c1c-2ccc(C)c1-c1cccc[n+]1C. The Hall–Kier alpha value is -12.1. The molecule has 5 aromatic heterocycles. The summed E-state index contributed by atoms with van der Waals surface area (Å²) in [7, 11) is 10.5. The number of rotatable bonds is 5. The molecule has 20 rings (SSSR count). The molecule has 0 amide bonds. The highest BCUT2D eigenvalue weighted by atomic mass is 14.9. The number of pyridine rings is 5.